The van der Waals surface area contributed by atoms with E-state index in [2.05, 4.69) is 80.8 Å². The lowest BCUT2D eigenvalue weighted by Crippen LogP contribution is -2.55. The van der Waals surface area contributed by atoms with Gasteiger partial charge in [0.25, 0.3) is 5.91 Å². The Bertz CT molecular complexity index is 1420. The standard InChI is InChI=1S/C28H36N8O2/c1-5-29-13-20-14-30-15-22(18(20)2)19-6-7-23-21(12-19)25(35-34-23)26-31-16-24(33-26)27(37)32-17-28(36(3)4)8-10-38-11-9-28/h6-7,12,14-16,29H,5,8-11,13,17H2,1-4H3,(H,31,33)(H,32,37)(H,34,35). The molecule has 1 aromatic carbocycles. The highest BCUT2D eigenvalue weighted by molar-refractivity contribution is 5.96. The second-order valence-corrected chi connectivity index (χ2v) is 10.1. The number of H-pyrrole nitrogens is 2. The SMILES string of the molecule is CCNCc1cncc(-c2ccc3[nH]nc(-c4ncc(C(=O)NCC5(N(C)C)CCOCC5)[nH]4)c3c2)c1C. The number of ether oxygens (including phenoxy) is 1. The molecule has 4 N–H and O–H groups in total. The second kappa shape index (κ2) is 11.0. The summed E-state index contributed by atoms with van der Waals surface area (Å²) >= 11 is 0. The Morgan fingerprint density at radius 2 is 2.00 bits per heavy atom. The van der Waals surface area contributed by atoms with Gasteiger partial charge in [0.2, 0.25) is 0 Å². The number of carbonyl (C=O) groups excluding carboxylic acids is 1. The number of imidazole rings is 1. The summed E-state index contributed by atoms with van der Waals surface area (Å²) in [7, 11) is 4.11. The molecule has 0 aliphatic carbocycles. The van der Waals surface area contributed by atoms with Gasteiger partial charge in [-0.25, -0.2) is 4.98 Å². The van der Waals surface area contributed by atoms with Crippen LogP contribution in [0.5, 0.6) is 0 Å². The minimum absolute atomic E-state index is 0.109. The molecule has 1 saturated heterocycles. The van der Waals surface area contributed by atoms with Gasteiger partial charge in [-0.2, -0.15) is 5.10 Å². The van der Waals surface area contributed by atoms with Crippen molar-refractivity contribution in [2.75, 3.05) is 40.4 Å². The number of nitrogens with zero attached hydrogens (tertiary/aromatic N) is 4. The number of rotatable bonds is 9. The van der Waals surface area contributed by atoms with Gasteiger partial charge < -0.3 is 25.3 Å². The summed E-state index contributed by atoms with van der Waals surface area (Å²) in [6.07, 6.45) is 7.15. The molecule has 3 aromatic heterocycles. The van der Waals surface area contributed by atoms with Gasteiger partial charge in [0.1, 0.15) is 11.4 Å². The summed E-state index contributed by atoms with van der Waals surface area (Å²) in [5, 5.41) is 15.0. The van der Waals surface area contributed by atoms with Crippen LogP contribution in [0.1, 0.15) is 41.4 Å². The molecule has 10 nitrogen and oxygen atoms in total. The van der Waals surface area contributed by atoms with E-state index in [1.54, 1.807) is 6.20 Å². The quantitative estimate of drug-likeness (QED) is 0.269. The largest absolute Gasteiger partial charge is 0.381 e. The predicted octanol–water partition coefficient (Wildman–Crippen LogP) is 3.27. The van der Waals surface area contributed by atoms with Crippen LogP contribution in [0, 0.1) is 6.92 Å². The Hall–Kier alpha value is -3.60. The van der Waals surface area contributed by atoms with E-state index in [1.165, 1.54) is 11.1 Å². The molecule has 4 heterocycles. The van der Waals surface area contributed by atoms with E-state index in [1.807, 2.05) is 18.5 Å². The van der Waals surface area contributed by atoms with Crippen LogP contribution in [-0.2, 0) is 11.3 Å². The van der Waals surface area contributed by atoms with Crippen LogP contribution in [0.15, 0.2) is 36.8 Å². The molecule has 4 aromatic rings. The van der Waals surface area contributed by atoms with E-state index >= 15 is 0 Å². The third-order valence-electron chi connectivity index (χ3n) is 7.75. The molecule has 1 aliphatic heterocycles. The normalized spacial score (nSPS) is 15.3. The van der Waals surface area contributed by atoms with E-state index in [-0.39, 0.29) is 11.4 Å². The molecule has 1 amide bonds. The van der Waals surface area contributed by atoms with Crippen LogP contribution in [0.25, 0.3) is 33.5 Å². The summed E-state index contributed by atoms with van der Waals surface area (Å²) in [5.41, 5.74) is 6.37. The van der Waals surface area contributed by atoms with Crippen molar-refractivity contribution in [3.63, 3.8) is 0 Å². The fraction of sp³-hybridized carbons (Fsp3) is 0.429. The topological polar surface area (TPSA) is 124 Å². The zero-order valence-electron chi connectivity index (χ0n) is 22.5. The number of aromatic amines is 2. The lowest BCUT2D eigenvalue weighted by atomic mass is 9.88. The fourth-order valence-corrected chi connectivity index (χ4v) is 5.09. The van der Waals surface area contributed by atoms with Crippen molar-refractivity contribution in [1.82, 2.24) is 40.7 Å². The highest BCUT2D eigenvalue weighted by Crippen LogP contribution is 2.31. The van der Waals surface area contributed by atoms with Gasteiger partial charge in [0.15, 0.2) is 5.82 Å². The summed E-state index contributed by atoms with van der Waals surface area (Å²) in [6.45, 7) is 7.86. The number of pyridine rings is 1. The van der Waals surface area contributed by atoms with Crippen molar-refractivity contribution in [2.45, 2.75) is 38.8 Å². The van der Waals surface area contributed by atoms with Crippen molar-refractivity contribution in [3.05, 3.63) is 53.6 Å². The third kappa shape index (κ3) is 5.07. The van der Waals surface area contributed by atoms with Gasteiger partial charge >= 0.3 is 0 Å². The maximum Gasteiger partial charge on any atom is 0.269 e. The van der Waals surface area contributed by atoms with Crippen LogP contribution >= 0.6 is 0 Å². The predicted molar refractivity (Wildman–Crippen MR) is 148 cm³/mol. The zero-order valence-corrected chi connectivity index (χ0v) is 22.5. The van der Waals surface area contributed by atoms with E-state index in [4.69, 9.17) is 4.74 Å². The first-order chi connectivity index (χ1) is 18.4. The summed E-state index contributed by atoms with van der Waals surface area (Å²) < 4.78 is 5.54. The lowest BCUT2D eigenvalue weighted by Gasteiger charge is -2.42. The van der Waals surface area contributed by atoms with E-state index in [0.717, 1.165) is 48.0 Å². The number of amides is 1. The maximum atomic E-state index is 13.0. The summed E-state index contributed by atoms with van der Waals surface area (Å²) in [5.74, 6) is 0.360. The smallest absolute Gasteiger partial charge is 0.269 e. The number of aromatic nitrogens is 5. The van der Waals surface area contributed by atoms with Crippen molar-refractivity contribution < 1.29 is 9.53 Å². The zero-order chi connectivity index (χ0) is 26.7. The van der Waals surface area contributed by atoms with Gasteiger partial charge in [0.05, 0.1) is 11.7 Å². The molecule has 0 unspecified atom stereocenters. The van der Waals surface area contributed by atoms with Crippen molar-refractivity contribution in [1.29, 1.82) is 0 Å². The first kappa shape index (κ1) is 26.0. The van der Waals surface area contributed by atoms with Gasteiger partial charge in [-0.15, -0.1) is 0 Å². The summed E-state index contributed by atoms with van der Waals surface area (Å²) in [4.78, 5) is 27.3. The number of fused-ring (bicyclic) bond motifs is 1. The van der Waals surface area contributed by atoms with Crippen molar-refractivity contribution in [3.8, 4) is 22.6 Å². The molecule has 10 heteroatoms. The van der Waals surface area contributed by atoms with Crippen molar-refractivity contribution in [2.24, 2.45) is 0 Å². The van der Waals surface area contributed by atoms with Gasteiger partial charge in [-0.05, 0) is 69.2 Å². The Morgan fingerprint density at radius 1 is 1.18 bits per heavy atom. The first-order valence-electron chi connectivity index (χ1n) is 13.1. The average molecular weight is 517 g/mol. The Kier molecular flexibility index (Phi) is 7.55. The van der Waals surface area contributed by atoms with E-state index < -0.39 is 0 Å². The highest BCUT2D eigenvalue weighted by Gasteiger charge is 2.35. The molecule has 1 aliphatic rings. The third-order valence-corrected chi connectivity index (χ3v) is 7.75. The number of nitrogens with one attached hydrogen (secondary N) is 4. The monoisotopic (exact) mass is 516 g/mol. The molecule has 5 rings (SSSR count). The first-order valence-corrected chi connectivity index (χ1v) is 13.1. The van der Waals surface area contributed by atoms with Gasteiger partial charge in [-0.3, -0.25) is 14.9 Å². The second-order valence-electron chi connectivity index (χ2n) is 10.1. The molecule has 200 valence electrons. The number of hydrogen-bond acceptors (Lipinski definition) is 7. The minimum atomic E-state index is -0.184. The van der Waals surface area contributed by atoms with Crippen LogP contribution < -0.4 is 10.6 Å². The fourth-order valence-electron chi connectivity index (χ4n) is 5.09. The molecule has 1 fully saturated rings. The van der Waals surface area contributed by atoms with E-state index in [0.29, 0.717) is 37.0 Å². The highest BCUT2D eigenvalue weighted by atomic mass is 16.5. The Balaban J connectivity index is 1.38. The van der Waals surface area contributed by atoms with Crippen LogP contribution in [0.4, 0.5) is 0 Å². The molecule has 0 atom stereocenters. The van der Waals surface area contributed by atoms with Crippen LogP contribution in [0.3, 0.4) is 0 Å². The van der Waals surface area contributed by atoms with Crippen LogP contribution in [0.2, 0.25) is 0 Å². The average Bonchev–Trinajstić information content (AvgIpc) is 3.59. The molecular weight excluding hydrogens is 480 g/mol. The van der Waals surface area contributed by atoms with Gasteiger partial charge in [-0.1, -0.05) is 13.0 Å². The van der Waals surface area contributed by atoms with E-state index in [9.17, 15) is 4.79 Å². The number of carbonyl (C=O) groups is 1. The minimum Gasteiger partial charge on any atom is -0.381 e. The molecular formula is C28H36N8O2. The number of hydrogen-bond donors (Lipinski definition) is 4. The molecule has 0 spiro atoms. The molecule has 0 bridgehead atoms. The maximum absolute atomic E-state index is 13.0. The summed E-state index contributed by atoms with van der Waals surface area (Å²) in [6, 6.07) is 6.19. The Morgan fingerprint density at radius 3 is 2.76 bits per heavy atom. The molecule has 0 radical (unpaired) electrons. The molecule has 0 saturated carbocycles. The van der Waals surface area contributed by atoms with Crippen molar-refractivity contribution >= 4 is 16.8 Å². The number of benzene rings is 1. The lowest BCUT2D eigenvalue weighted by molar-refractivity contribution is -0.00659. The number of likely N-dealkylation sites (N-methyl/N-ethyl adjacent to an activating group) is 1. The van der Waals surface area contributed by atoms with Crippen LogP contribution in [-0.4, -0.2) is 81.9 Å². The Labute approximate surface area is 222 Å². The van der Waals surface area contributed by atoms with Gasteiger partial charge in [0, 0.05) is 55.2 Å². The molecule has 38 heavy (non-hydrogen) atoms.